The molecule has 1 heterocycles. The summed E-state index contributed by atoms with van der Waals surface area (Å²) in [5.41, 5.74) is 0.538. The van der Waals surface area contributed by atoms with Crippen molar-refractivity contribution in [3.05, 3.63) is 78.1 Å². The van der Waals surface area contributed by atoms with Crippen LogP contribution in [-0.4, -0.2) is 13.1 Å². The number of benzene rings is 3. The Kier molecular flexibility index (Phi) is 3.54. The zero-order valence-electron chi connectivity index (χ0n) is 13.0. The van der Waals surface area contributed by atoms with E-state index in [0.29, 0.717) is 5.56 Å². The van der Waals surface area contributed by atoms with E-state index in [1.54, 1.807) is 6.07 Å². The van der Waals surface area contributed by atoms with Crippen molar-refractivity contribution in [2.45, 2.75) is 0 Å². The molecule has 1 unspecified atom stereocenters. The number of ether oxygens (including phenoxy) is 1. The lowest BCUT2D eigenvalue weighted by Crippen LogP contribution is -2.00. The van der Waals surface area contributed by atoms with Crippen molar-refractivity contribution in [2.75, 3.05) is 7.11 Å². The highest BCUT2D eigenvalue weighted by Crippen LogP contribution is 2.48. The molecule has 0 aliphatic heterocycles. The normalized spacial score (nSPS) is 11.8. The molecule has 0 aliphatic rings. The van der Waals surface area contributed by atoms with Gasteiger partial charge in [-0.05, 0) is 42.5 Å². The van der Waals surface area contributed by atoms with Crippen molar-refractivity contribution in [1.82, 2.24) is 0 Å². The summed E-state index contributed by atoms with van der Waals surface area (Å²) in [6.45, 7) is 0. The molecular weight excluding hydrogens is 323 g/mol. The van der Waals surface area contributed by atoms with E-state index in [1.807, 2.05) is 36.4 Å². The first-order valence-corrected chi connectivity index (χ1v) is 8.73. The first-order chi connectivity index (χ1) is 11.7. The summed E-state index contributed by atoms with van der Waals surface area (Å²) in [4.78, 5) is 12.9. The molecule has 0 aliphatic carbocycles. The number of rotatable bonds is 2. The van der Waals surface area contributed by atoms with Crippen LogP contribution in [0.1, 0.15) is 10.4 Å². The predicted molar refractivity (Wildman–Crippen MR) is 96.6 cm³/mol. The number of hydrogen-bond acceptors (Lipinski definition) is 2. The Morgan fingerprint density at radius 1 is 0.917 bits per heavy atom. The number of carbonyl (C=O) groups is 1. The fourth-order valence-electron chi connectivity index (χ4n) is 2.97. The van der Waals surface area contributed by atoms with Gasteiger partial charge in [0.2, 0.25) is 0 Å². The molecule has 0 spiro atoms. The second kappa shape index (κ2) is 5.73. The summed E-state index contributed by atoms with van der Waals surface area (Å²) in [6, 6.07) is 20.5. The standard InChI is InChI=1S/C20H14FO2S/c1-23-20(22)13-6-11-19-17(12-13)16-4-2-3-5-18(16)24(19)15-9-7-14(21)8-10-15/h2-12H,1H3/q+1. The molecule has 4 aromatic rings. The number of hydrogen-bond donors (Lipinski definition) is 0. The van der Waals surface area contributed by atoms with Gasteiger partial charge in [0.05, 0.1) is 12.7 Å². The maximum Gasteiger partial charge on any atom is 0.337 e. The van der Waals surface area contributed by atoms with Crippen LogP contribution >= 0.6 is 10.5 Å². The topological polar surface area (TPSA) is 26.3 Å². The molecule has 0 saturated heterocycles. The first-order valence-electron chi connectivity index (χ1n) is 7.50. The Hall–Kier alpha value is -2.72. The summed E-state index contributed by atoms with van der Waals surface area (Å²) < 4.78 is 20.5. The number of fused-ring (bicyclic) bond motifs is 3. The van der Waals surface area contributed by atoms with Gasteiger partial charge in [-0.3, -0.25) is 0 Å². The van der Waals surface area contributed by atoms with Crippen LogP contribution in [0.3, 0.4) is 0 Å². The molecule has 0 saturated carbocycles. The molecule has 24 heavy (non-hydrogen) atoms. The van der Waals surface area contributed by atoms with E-state index in [0.717, 1.165) is 20.4 Å². The molecule has 1 atom stereocenters. The molecule has 1 aromatic heterocycles. The average molecular weight is 337 g/mol. The monoisotopic (exact) mass is 337 g/mol. The van der Waals surface area contributed by atoms with Gasteiger partial charge in [-0.25, -0.2) is 9.18 Å². The second-order valence-electron chi connectivity index (χ2n) is 5.46. The molecule has 4 heteroatoms. The summed E-state index contributed by atoms with van der Waals surface area (Å²) >= 11 is 0. The minimum atomic E-state index is -0.344. The summed E-state index contributed by atoms with van der Waals surface area (Å²) in [5.74, 6) is -0.583. The van der Waals surface area contributed by atoms with E-state index >= 15 is 0 Å². The van der Waals surface area contributed by atoms with E-state index in [9.17, 15) is 9.18 Å². The molecule has 118 valence electrons. The van der Waals surface area contributed by atoms with Crippen LogP contribution in [0.15, 0.2) is 66.7 Å². The predicted octanol–water partition coefficient (Wildman–Crippen LogP) is 5.66. The van der Waals surface area contributed by atoms with Crippen molar-refractivity contribution < 1.29 is 13.9 Å². The van der Waals surface area contributed by atoms with Crippen molar-refractivity contribution in [1.29, 1.82) is 0 Å². The van der Waals surface area contributed by atoms with Gasteiger partial charge in [-0.2, -0.15) is 0 Å². The van der Waals surface area contributed by atoms with Gasteiger partial charge in [-0.15, -0.1) is 0 Å². The number of carbonyl (C=O) groups excluding carboxylic acids is 1. The van der Waals surface area contributed by atoms with Crippen LogP contribution in [0.5, 0.6) is 0 Å². The molecule has 3 aromatic carbocycles. The number of thiophene rings is 1. The van der Waals surface area contributed by atoms with Gasteiger partial charge in [-0.1, -0.05) is 12.1 Å². The van der Waals surface area contributed by atoms with Crippen LogP contribution < -0.4 is 0 Å². The lowest BCUT2D eigenvalue weighted by molar-refractivity contribution is 0.0601. The van der Waals surface area contributed by atoms with E-state index in [2.05, 4.69) is 12.1 Å². The highest BCUT2D eigenvalue weighted by molar-refractivity contribution is 7.50. The number of methoxy groups -OCH3 is 1. The van der Waals surface area contributed by atoms with Gasteiger partial charge < -0.3 is 4.74 Å². The van der Waals surface area contributed by atoms with Crippen molar-refractivity contribution >= 4 is 36.6 Å². The Morgan fingerprint density at radius 2 is 1.62 bits per heavy atom. The third-order valence-electron chi connectivity index (χ3n) is 4.07. The van der Waals surface area contributed by atoms with E-state index in [1.165, 1.54) is 23.9 Å². The first kappa shape index (κ1) is 14.8. The van der Waals surface area contributed by atoms with E-state index in [4.69, 9.17) is 4.74 Å². The molecule has 0 bridgehead atoms. The zero-order valence-corrected chi connectivity index (χ0v) is 13.8. The summed E-state index contributed by atoms with van der Waals surface area (Å²) in [5, 5.41) is 2.16. The van der Waals surface area contributed by atoms with E-state index in [-0.39, 0.29) is 22.3 Å². The average Bonchev–Trinajstić information content (AvgIpc) is 2.95. The van der Waals surface area contributed by atoms with Crippen LogP contribution in [0, 0.1) is 5.82 Å². The largest absolute Gasteiger partial charge is 0.465 e. The Labute approximate surface area is 141 Å². The van der Waals surface area contributed by atoms with Gasteiger partial charge in [0.15, 0.2) is 14.3 Å². The van der Waals surface area contributed by atoms with Crippen molar-refractivity contribution in [3.8, 4) is 4.90 Å². The minimum Gasteiger partial charge on any atom is -0.465 e. The lowest BCUT2D eigenvalue weighted by atomic mass is 10.1. The maximum absolute atomic E-state index is 13.3. The SMILES string of the molecule is COC(=O)c1ccc2c(c1)c1ccccc1[s+]2-c1ccc(F)cc1. The van der Waals surface area contributed by atoms with Gasteiger partial charge in [0.25, 0.3) is 0 Å². The van der Waals surface area contributed by atoms with Crippen LogP contribution in [0.4, 0.5) is 4.39 Å². The number of halogens is 1. The Morgan fingerprint density at radius 3 is 2.38 bits per heavy atom. The van der Waals surface area contributed by atoms with Gasteiger partial charge >= 0.3 is 5.97 Å². The second-order valence-corrected chi connectivity index (χ2v) is 7.42. The molecule has 0 amide bonds. The third-order valence-corrected chi connectivity index (χ3v) is 6.40. The molecular formula is C20H14FO2S+. The highest BCUT2D eigenvalue weighted by Gasteiger charge is 2.24. The fourth-order valence-corrected chi connectivity index (χ4v) is 5.33. The zero-order chi connectivity index (χ0) is 16.7. The van der Waals surface area contributed by atoms with Crippen molar-refractivity contribution in [3.63, 3.8) is 0 Å². The van der Waals surface area contributed by atoms with Crippen molar-refractivity contribution in [2.24, 2.45) is 0 Å². The molecule has 0 radical (unpaired) electrons. The Balaban J connectivity index is 2.08. The van der Waals surface area contributed by atoms with Crippen LogP contribution in [-0.2, 0) is 4.74 Å². The highest BCUT2D eigenvalue weighted by atomic mass is 32.2. The maximum atomic E-state index is 13.3. The smallest absolute Gasteiger partial charge is 0.337 e. The molecule has 0 N–H and O–H groups in total. The van der Waals surface area contributed by atoms with Crippen LogP contribution in [0.25, 0.3) is 25.1 Å². The van der Waals surface area contributed by atoms with Gasteiger partial charge in [0, 0.05) is 33.4 Å². The third kappa shape index (κ3) is 2.27. The summed E-state index contributed by atoms with van der Waals surface area (Å²) in [6.07, 6.45) is 0. The minimum absolute atomic E-state index is 0.240. The Bertz CT molecular complexity index is 1060. The van der Waals surface area contributed by atoms with Gasteiger partial charge in [0.1, 0.15) is 5.82 Å². The lowest BCUT2D eigenvalue weighted by Gasteiger charge is -1.98. The molecule has 4 rings (SSSR count). The number of esters is 1. The van der Waals surface area contributed by atoms with E-state index < -0.39 is 0 Å². The van der Waals surface area contributed by atoms with Crippen LogP contribution in [0.2, 0.25) is 0 Å². The summed E-state index contributed by atoms with van der Waals surface area (Å²) in [7, 11) is 1.09. The fraction of sp³-hybridized carbons (Fsp3) is 0.0500. The quantitative estimate of drug-likeness (QED) is 0.349. The molecule has 2 nitrogen and oxygen atoms in total. The molecule has 0 fully saturated rings.